The van der Waals surface area contributed by atoms with Crippen molar-refractivity contribution in [3.63, 3.8) is 0 Å². The molecule has 0 aromatic carbocycles. The zero-order valence-corrected chi connectivity index (χ0v) is 24.3. The Hall–Kier alpha value is -5.05. The van der Waals surface area contributed by atoms with Crippen molar-refractivity contribution in [1.82, 2.24) is 19.9 Å². The fourth-order valence-electron chi connectivity index (χ4n) is 5.75. The maximum absolute atomic E-state index is 11.5. The molecule has 9 nitrogen and oxygen atoms in total. The lowest BCUT2D eigenvalue weighted by atomic mass is 10.0. The molecule has 8 bridgehead atoms. The van der Waals surface area contributed by atoms with Crippen LogP contribution in [0.2, 0.25) is 0 Å². The molecule has 4 aromatic rings. The lowest BCUT2D eigenvalue weighted by Crippen LogP contribution is -2.14. The predicted molar refractivity (Wildman–Crippen MR) is 165 cm³/mol. The first-order chi connectivity index (χ1) is 20.0. The second-order valence-electron chi connectivity index (χ2n) is 10.7. The highest BCUT2D eigenvalue weighted by Crippen LogP contribution is 2.27. The molecule has 0 atom stereocenters. The van der Waals surface area contributed by atoms with Gasteiger partial charge in [0.2, 0.25) is 0 Å². The van der Waals surface area contributed by atoms with Gasteiger partial charge in [0.15, 0.2) is 0 Å². The fourth-order valence-corrected chi connectivity index (χ4v) is 5.75. The third kappa shape index (κ3) is 5.09. The molecule has 1 aliphatic heterocycles. The highest BCUT2D eigenvalue weighted by atomic mass is 16.4. The molecule has 1 aliphatic rings. The number of fused-ring (bicyclic) bond motifs is 8. The van der Waals surface area contributed by atoms with Crippen LogP contribution in [0, 0.1) is 27.7 Å². The van der Waals surface area contributed by atoms with Crippen LogP contribution in [0.3, 0.4) is 0 Å². The van der Waals surface area contributed by atoms with E-state index in [1.54, 1.807) is 12.2 Å². The second-order valence-corrected chi connectivity index (χ2v) is 10.7. The van der Waals surface area contributed by atoms with Gasteiger partial charge in [-0.25, -0.2) is 4.99 Å². The Morgan fingerprint density at radius 1 is 0.690 bits per heavy atom. The van der Waals surface area contributed by atoms with Gasteiger partial charge in [-0.05, 0) is 86.6 Å². The summed E-state index contributed by atoms with van der Waals surface area (Å²) in [5.41, 5.74) is 10.5. The zero-order chi connectivity index (χ0) is 30.3. The quantitative estimate of drug-likeness (QED) is 0.171. The van der Waals surface area contributed by atoms with Crippen LogP contribution in [-0.2, 0) is 22.4 Å². The van der Waals surface area contributed by atoms with Gasteiger partial charge in [-0.1, -0.05) is 25.3 Å². The monoisotopic (exact) mass is 565 g/mol. The van der Waals surface area contributed by atoms with Gasteiger partial charge in [0.05, 0.1) is 0 Å². The van der Waals surface area contributed by atoms with E-state index in [0.29, 0.717) is 24.1 Å². The molecular weight excluding hydrogens is 530 g/mol. The first kappa shape index (κ1) is 28.5. The van der Waals surface area contributed by atoms with E-state index in [1.165, 1.54) is 0 Å². The number of aromatic amines is 4. The molecule has 0 radical (unpaired) electrons. The van der Waals surface area contributed by atoms with Gasteiger partial charge < -0.3 is 30.1 Å². The largest absolute Gasteiger partial charge is 0.481 e. The van der Waals surface area contributed by atoms with Crippen LogP contribution in [-0.4, -0.2) is 42.1 Å². The van der Waals surface area contributed by atoms with Crippen LogP contribution in [0.15, 0.2) is 18.2 Å². The minimum atomic E-state index is -0.875. The van der Waals surface area contributed by atoms with Crippen molar-refractivity contribution in [3.05, 3.63) is 96.3 Å². The number of carboxylic acid groups (broad SMARTS) is 2. The minimum Gasteiger partial charge on any atom is -0.481 e. The maximum Gasteiger partial charge on any atom is 0.303 e. The van der Waals surface area contributed by atoms with Crippen molar-refractivity contribution in [3.8, 4) is 0 Å². The average molecular weight is 566 g/mol. The van der Waals surface area contributed by atoms with Crippen LogP contribution in [0.25, 0.3) is 30.4 Å². The number of H-pyrrole nitrogens is 4. The molecule has 6 N–H and O–H groups in total. The summed E-state index contributed by atoms with van der Waals surface area (Å²) in [4.78, 5) is 41.9. The average Bonchev–Trinajstić information content (AvgIpc) is 3.59. The van der Waals surface area contributed by atoms with Gasteiger partial charge in [-0.3, -0.25) is 9.59 Å². The third-order valence-corrected chi connectivity index (χ3v) is 8.20. The summed E-state index contributed by atoms with van der Waals surface area (Å²) >= 11 is 0. The molecule has 0 saturated heterocycles. The highest BCUT2D eigenvalue weighted by Gasteiger charge is 2.17. The van der Waals surface area contributed by atoms with Crippen LogP contribution >= 0.6 is 0 Å². The van der Waals surface area contributed by atoms with Crippen molar-refractivity contribution in [2.24, 2.45) is 4.99 Å². The third-order valence-electron chi connectivity index (χ3n) is 8.20. The number of carbonyl (C=O) groups is 2. The molecule has 4 aromatic heterocycles. The second kappa shape index (κ2) is 11.1. The number of carboxylic acids is 2. The highest BCUT2D eigenvalue weighted by molar-refractivity contribution is 5.72. The Labute approximate surface area is 242 Å². The molecule has 0 saturated carbocycles. The number of nitrogens with one attached hydrogen (secondary N) is 4. The molecule has 0 spiro atoms. The van der Waals surface area contributed by atoms with E-state index < -0.39 is 11.9 Å². The van der Waals surface area contributed by atoms with E-state index in [9.17, 15) is 19.8 Å². The van der Waals surface area contributed by atoms with E-state index in [-0.39, 0.29) is 12.8 Å². The van der Waals surface area contributed by atoms with E-state index in [1.807, 2.05) is 45.9 Å². The number of aromatic nitrogens is 4. The zero-order valence-electron chi connectivity index (χ0n) is 24.3. The van der Waals surface area contributed by atoms with Gasteiger partial charge in [-0.15, -0.1) is 0 Å². The molecule has 0 aliphatic carbocycles. The summed E-state index contributed by atoms with van der Waals surface area (Å²) in [6, 6.07) is 0. The smallest absolute Gasteiger partial charge is 0.303 e. The Morgan fingerprint density at radius 2 is 1.29 bits per heavy atom. The number of hydrogen-bond donors (Lipinski definition) is 6. The van der Waals surface area contributed by atoms with E-state index in [0.717, 1.165) is 77.6 Å². The molecular formula is C33H35N5O4. The van der Waals surface area contributed by atoms with Crippen LogP contribution < -0.4 is 21.5 Å². The first-order valence-electron chi connectivity index (χ1n) is 13.8. The van der Waals surface area contributed by atoms with Crippen LogP contribution in [0.4, 0.5) is 5.82 Å². The number of rotatable bonds is 8. The Morgan fingerprint density at radius 3 is 1.93 bits per heavy atom. The van der Waals surface area contributed by atoms with Crippen LogP contribution in [0.1, 0.15) is 74.4 Å². The Kier molecular flexibility index (Phi) is 7.51. The predicted octanol–water partition coefficient (Wildman–Crippen LogP) is 3.30. The standard InChI is InChI=1S/C33H35N5O4/c1-7-20-19(6)32-37-27(20)14-25-18(5)23(10-12-31(41)42)29(35-25)15-28-22(9-11-30(39)40)17(4)24(34-28)13-26-16(3)21(8-2)33(36-26)38-32/h7-8,13-15,34-35H,1-2,9-12H2,3-6H3,(H,39,40)(H,41,42)(H2,36,37,38). The normalized spacial score (nSPS) is 12.1. The lowest BCUT2D eigenvalue weighted by molar-refractivity contribution is -0.138. The maximum atomic E-state index is 11.5. The summed E-state index contributed by atoms with van der Waals surface area (Å²) in [5, 5.41) is 21.4. The molecule has 5 heterocycles. The first-order valence-corrected chi connectivity index (χ1v) is 13.8. The van der Waals surface area contributed by atoms with Gasteiger partial charge in [0, 0.05) is 62.7 Å². The van der Waals surface area contributed by atoms with Gasteiger partial charge in [-0.2, -0.15) is 0 Å². The summed E-state index contributed by atoms with van der Waals surface area (Å²) in [6.45, 7) is 16.0. The molecule has 0 amide bonds. The molecule has 216 valence electrons. The van der Waals surface area contributed by atoms with Gasteiger partial charge in [0.25, 0.3) is 0 Å². The SMILES string of the molecule is C=Cc1c2[nH]c(c1C)N=c1[nH]c(c(C)c1C=C)=Cc1[nH]c(c(CCC(=O)O)c1C)C=c1[nH]c(c(C)c1CCC(=O)O)=C2. The minimum absolute atomic E-state index is 0.0165. The van der Waals surface area contributed by atoms with Crippen molar-refractivity contribution in [2.75, 3.05) is 0 Å². The Bertz CT molecular complexity index is 2030. The van der Waals surface area contributed by atoms with Gasteiger partial charge >= 0.3 is 11.9 Å². The van der Waals surface area contributed by atoms with Crippen molar-refractivity contribution >= 4 is 48.1 Å². The summed E-state index contributed by atoms with van der Waals surface area (Å²) < 4.78 is 0. The number of aliphatic carboxylic acids is 2. The topological polar surface area (TPSA) is 150 Å². The fraction of sp³-hybridized carbons (Fsp3) is 0.242. The van der Waals surface area contributed by atoms with E-state index in [4.69, 9.17) is 4.99 Å². The summed E-state index contributed by atoms with van der Waals surface area (Å²) in [6.07, 6.45) is 10.2. The molecule has 0 fully saturated rings. The van der Waals surface area contributed by atoms with Gasteiger partial charge in [0.1, 0.15) is 11.3 Å². The summed E-state index contributed by atoms with van der Waals surface area (Å²) in [7, 11) is 0. The number of hydrogen-bond acceptors (Lipinski definition) is 3. The number of nitrogens with zero attached hydrogens (tertiary/aromatic N) is 1. The summed E-state index contributed by atoms with van der Waals surface area (Å²) in [5.74, 6) is -1.06. The van der Waals surface area contributed by atoms with Crippen LogP contribution in [0.5, 0.6) is 0 Å². The molecule has 42 heavy (non-hydrogen) atoms. The molecule has 0 unspecified atom stereocenters. The van der Waals surface area contributed by atoms with Crippen molar-refractivity contribution in [1.29, 1.82) is 0 Å². The van der Waals surface area contributed by atoms with E-state index >= 15 is 0 Å². The molecule has 5 rings (SSSR count). The van der Waals surface area contributed by atoms with E-state index in [2.05, 4.69) is 33.1 Å². The van der Waals surface area contributed by atoms with Crippen molar-refractivity contribution in [2.45, 2.75) is 53.4 Å². The molecule has 9 heteroatoms. The Balaban J connectivity index is 1.92. The lowest BCUT2D eigenvalue weighted by Gasteiger charge is -2.01. The van der Waals surface area contributed by atoms with Crippen molar-refractivity contribution < 1.29 is 19.8 Å².